The summed E-state index contributed by atoms with van der Waals surface area (Å²) in [5, 5.41) is 9.43. The van der Waals surface area contributed by atoms with E-state index < -0.39 is 24.7 Å². The standard InChI is InChI=1S/C11H18F3NO2/c1-9(2,3)6-8(16)15-5-4-10(17,7-15)11(12,13)14/h17H,4-7H2,1-3H3. The van der Waals surface area contributed by atoms with Crippen LogP contribution in [0.4, 0.5) is 13.2 Å². The number of carbonyl (C=O) groups is 1. The monoisotopic (exact) mass is 253 g/mol. The van der Waals surface area contributed by atoms with Gasteiger partial charge in [-0.15, -0.1) is 0 Å². The van der Waals surface area contributed by atoms with Crippen LogP contribution in [0.25, 0.3) is 0 Å². The van der Waals surface area contributed by atoms with Gasteiger partial charge in [-0.1, -0.05) is 20.8 Å². The van der Waals surface area contributed by atoms with Gasteiger partial charge >= 0.3 is 6.18 Å². The molecule has 1 fully saturated rings. The van der Waals surface area contributed by atoms with Crippen LogP contribution in [0.2, 0.25) is 0 Å². The quantitative estimate of drug-likeness (QED) is 0.776. The highest BCUT2D eigenvalue weighted by molar-refractivity contribution is 5.77. The van der Waals surface area contributed by atoms with E-state index in [0.717, 1.165) is 4.90 Å². The van der Waals surface area contributed by atoms with Gasteiger partial charge in [-0.2, -0.15) is 13.2 Å². The Hall–Kier alpha value is -0.780. The SMILES string of the molecule is CC(C)(C)CC(=O)N1CCC(O)(C(F)(F)F)C1. The van der Waals surface area contributed by atoms with Crippen LogP contribution in [-0.4, -0.2) is 40.8 Å². The summed E-state index contributed by atoms with van der Waals surface area (Å²) in [6, 6.07) is 0. The lowest BCUT2D eigenvalue weighted by Gasteiger charge is -2.27. The molecule has 3 nitrogen and oxygen atoms in total. The molecule has 1 N–H and O–H groups in total. The zero-order valence-electron chi connectivity index (χ0n) is 10.3. The number of amides is 1. The predicted molar refractivity (Wildman–Crippen MR) is 56.3 cm³/mol. The minimum atomic E-state index is -4.68. The summed E-state index contributed by atoms with van der Waals surface area (Å²) in [6.07, 6.45) is -4.93. The van der Waals surface area contributed by atoms with Crippen LogP contribution >= 0.6 is 0 Å². The Bertz CT molecular complexity index is 309. The Labute approximate surface area is 98.6 Å². The van der Waals surface area contributed by atoms with E-state index in [1.54, 1.807) is 0 Å². The van der Waals surface area contributed by atoms with Crippen molar-refractivity contribution in [2.24, 2.45) is 5.41 Å². The summed E-state index contributed by atoms with van der Waals surface area (Å²) in [7, 11) is 0. The first-order valence-electron chi connectivity index (χ1n) is 5.51. The van der Waals surface area contributed by atoms with Crippen LogP contribution in [-0.2, 0) is 4.79 Å². The van der Waals surface area contributed by atoms with Crippen molar-refractivity contribution in [3.63, 3.8) is 0 Å². The van der Waals surface area contributed by atoms with Crippen molar-refractivity contribution < 1.29 is 23.1 Å². The van der Waals surface area contributed by atoms with Crippen LogP contribution in [0.5, 0.6) is 0 Å². The van der Waals surface area contributed by atoms with E-state index >= 15 is 0 Å². The molecule has 6 heteroatoms. The largest absolute Gasteiger partial charge is 0.419 e. The maximum atomic E-state index is 12.5. The van der Waals surface area contributed by atoms with Crippen molar-refractivity contribution in [2.75, 3.05) is 13.1 Å². The van der Waals surface area contributed by atoms with Crippen LogP contribution in [0.15, 0.2) is 0 Å². The molecule has 1 rings (SSSR count). The summed E-state index contributed by atoms with van der Waals surface area (Å²) in [4.78, 5) is 12.8. The highest BCUT2D eigenvalue weighted by Gasteiger charge is 2.57. The molecule has 1 saturated heterocycles. The molecule has 1 aliphatic rings. The summed E-state index contributed by atoms with van der Waals surface area (Å²) >= 11 is 0. The van der Waals surface area contributed by atoms with E-state index in [9.17, 15) is 23.1 Å². The minimum Gasteiger partial charge on any atom is -0.379 e. The molecule has 0 aromatic rings. The highest BCUT2D eigenvalue weighted by Crippen LogP contribution is 2.38. The van der Waals surface area contributed by atoms with Gasteiger partial charge in [0.15, 0.2) is 5.60 Å². The van der Waals surface area contributed by atoms with Crippen molar-refractivity contribution in [1.29, 1.82) is 0 Å². The molecule has 1 amide bonds. The van der Waals surface area contributed by atoms with Crippen LogP contribution < -0.4 is 0 Å². The van der Waals surface area contributed by atoms with Gasteiger partial charge in [-0.25, -0.2) is 0 Å². The van der Waals surface area contributed by atoms with E-state index in [-0.39, 0.29) is 24.3 Å². The van der Waals surface area contributed by atoms with Crippen LogP contribution in [0.3, 0.4) is 0 Å². The zero-order chi connectivity index (χ0) is 13.5. The summed E-state index contributed by atoms with van der Waals surface area (Å²) < 4.78 is 37.6. The van der Waals surface area contributed by atoms with Crippen molar-refractivity contribution in [3.05, 3.63) is 0 Å². The smallest absolute Gasteiger partial charge is 0.379 e. The van der Waals surface area contributed by atoms with Gasteiger partial charge in [0.1, 0.15) is 0 Å². The minimum absolute atomic E-state index is 0.0368. The van der Waals surface area contributed by atoms with E-state index in [2.05, 4.69) is 0 Å². The lowest BCUT2D eigenvalue weighted by molar-refractivity contribution is -0.253. The number of likely N-dealkylation sites (tertiary alicyclic amines) is 1. The molecule has 100 valence electrons. The van der Waals surface area contributed by atoms with Gasteiger partial charge in [-0.3, -0.25) is 4.79 Å². The number of β-amino-alcohol motifs (C(OH)–C–C–N with tert-alkyl or cyclic N) is 1. The average Bonchev–Trinajstić information content (AvgIpc) is 2.44. The third kappa shape index (κ3) is 3.34. The topological polar surface area (TPSA) is 40.5 Å². The molecule has 1 heterocycles. The maximum absolute atomic E-state index is 12.5. The van der Waals surface area contributed by atoms with Gasteiger partial charge in [0, 0.05) is 19.4 Å². The average molecular weight is 253 g/mol. The molecule has 0 aliphatic carbocycles. The van der Waals surface area contributed by atoms with Gasteiger partial charge < -0.3 is 10.0 Å². The molecular weight excluding hydrogens is 235 g/mol. The summed E-state index contributed by atoms with van der Waals surface area (Å²) in [5.74, 6) is -0.335. The van der Waals surface area contributed by atoms with E-state index in [4.69, 9.17) is 0 Å². The molecule has 0 saturated carbocycles. The van der Waals surface area contributed by atoms with Crippen molar-refractivity contribution in [3.8, 4) is 0 Å². The molecule has 0 spiro atoms. The Morgan fingerprint density at radius 2 is 1.88 bits per heavy atom. The van der Waals surface area contributed by atoms with Gasteiger partial charge in [0.2, 0.25) is 5.91 Å². The highest BCUT2D eigenvalue weighted by atomic mass is 19.4. The third-order valence-electron chi connectivity index (χ3n) is 2.81. The lowest BCUT2D eigenvalue weighted by Crippen LogP contribution is -2.48. The van der Waals surface area contributed by atoms with Gasteiger partial charge in [-0.05, 0) is 5.41 Å². The fraction of sp³-hybridized carbons (Fsp3) is 0.909. The normalized spacial score (nSPS) is 26.4. The molecule has 17 heavy (non-hydrogen) atoms. The van der Waals surface area contributed by atoms with Crippen LogP contribution in [0, 0.1) is 5.41 Å². The number of rotatable bonds is 1. The second kappa shape index (κ2) is 4.15. The van der Waals surface area contributed by atoms with E-state index in [1.807, 2.05) is 20.8 Å². The third-order valence-corrected chi connectivity index (χ3v) is 2.81. The number of aliphatic hydroxyl groups is 1. The second-order valence-corrected chi connectivity index (χ2v) is 5.83. The Kier molecular flexibility index (Phi) is 3.49. The predicted octanol–water partition coefficient (Wildman–Crippen LogP) is 1.95. The zero-order valence-corrected chi connectivity index (χ0v) is 10.3. The van der Waals surface area contributed by atoms with E-state index in [0.29, 0.717) is 0 Å². The summed E-state index contributed by atoms with van der Waals surface area (Å²) in [6.45, 7) is 4.85. The van der Waals surface area contributed by atoms with Crippen LogP contribution in [0.1, 0.15) is 33.6 Å². The molecule has 0 aromatic carbocycles. The number of halogens is 3. The fourth-order valence-electron chi connectivity index (χ4n) is 1.80. The number of hydrogen-bond acceptors (Lipinski definition) is 2. The summed E-state index contributed by atoms with van der Waals surface area (Å²) in [5.41, 5.74) is -3.00. The van der Waals surface area contributed by atoms with Gasteiger partial charge in [0.25, 0.3) is 0 Å². The first kappa shape index (κ1) is 14.3. The number of carbonyl (C=O) groups excluding carboxylic acids is 1. The Morgan fingerprint density at radius 1 is 1.35 bits per heavy atom. The number of alkyl halides is 3. The molecular formula is C11H18F3NO2. The molecule has 0 radical (unpaired) electrons. The molecule has 1 atom stereocenters. The fourth-order valence-corrected chi connectivity index (χ4v) is 1.80. The first-order chi connectivity index (χ1) is 7.45. The maximum Gasteiger partial charge on any atom is 0.419 e. The van der Waals surface area contributed by atoms with Gasteiger partial charge in [0.05, 0.1) is 6.54 Å². The van der Waals surface area contributed by atoms with Crippen molar-refractivity contribution in [1.82, 2.24) is 4.90 Å². The number of hydrogen-bond donors (Lipinski definition) is 1. The van der Waals surface area contributed by atoms with Crippen molar-refractivity contribution in [2.45, 2.75) is 45.4 Å². The number of nitrogens with zero attached hydrogens (tertiary/aromatic N) is 1. The molecule has 0 aromatic heterocycles. The Balaban J connectivity index is 2.65. The second-order valence-electron chi connectivity index (χ2n) is 5.83. The lowest BCUT2D eigenvalue weighted by atomic mass is 9.91. The first-order valence-corrected chi connectivity index (χ1v) is 5.51. The Morgan fingerprint density at radius 3 is 2.24 bits per heavy atom. The van der Waals surface area contributed by atoms with Crippen molar-refractivity contribution >= 4 is 5.91 Å². The van der Waals surface area contributed by atoms with E-state index in [1.165, 1.54) is 0 Å². The molecule has 0 bridgehead atoms. The molecule has 1 unspecified atom stereocenters. The molecule has 1 aliphatic heterocycles.